The summed E-state index contributed by atoms with van der Waals surface area (Å²) in [7, 11) is 0. The van der Waals surface area contributed by atoms with Gasteiger partial charge in [-0.25, -0.2) is 33.7 Å². The third kappa shape index (κ3) is 23.1. The SMILES string of the molecule is CC(C)(C)OC(=O)/N=C(\NC(=O)OC(C)(C)C)N(CC[C@H](CC(=O)N(C(=O)OC(C)(C)C)C(=O)OC(C)(C)C)NC(=O)OC(C)(C)C)C(=O)OC(C)(C)C. The summed E-state index contributed by atoms with van der Waals surface area (Å²) in [6.45, 7) is 27.7. The van der Waals surface area contributed by atoms with Crippen LogP contribution in [0.1, 0.15) is 137 Å². The van der Waals surface area contributed by atoms with E-state index in [0.29, 0.717) is 0 Å². The lowest BCUT2D eigenvalue weighted by atomic mass is 10.1. The molecule has 0 aliphatic heterocycles. The largest absolute Gasteiger partial charge is 0.444 e. The van der Waals surface area contributed by atoms with Crippen LogP contribution in [-0.4, -0.2) is 104 Å². The molecule has 0 saturated heterocycles. The molecule has 0 rings (SSSR count). The van der Waals surface area contributed by atoms with Gasteiger partial charge in [-0.05, 0) is 131 Å². The molecule has 0 unspecified atom stereocenters. The molecule has 0 heterocycles. The number of carbonyl (C=O) groups is 7. The van der Waals surface area contributed by atoms with Gasteiger partial charge in [0.25, 0.3) is 0 Å². The molecule has 0 aromatic carbocycles. The number of ether oxygens (including phenoxy) is 6. The van der Waals surface area contributed by atoms with Crippen molar-refractivity contribution in [1.82, 2.24) is 20.4 Å². The monoisotopic (exact) mass is 773 g/mol. The van der Waals surface area contributed by atoms with Crippen molar-refractivity contribution in [1.29, 1.82) is 0 Å². The lowest BCUT2D eigenvalue weighted by molar-refractivity contribution is -0.130. The lowest BCUT2D eigenvalue weighted by Crippen LogP contribution is -2.52. The highest BCUT2D eigenvalue weighted by Gasteiger charge is 2.38. The van der Waals surface area contributed by atoms with Crippen molar-refractivity contribution < 1.29 is 62.0 Å². The normalized spacial score (nSPS) is 13.4. The van der Waals surface area contributed by atoms with E-state index in [1.807, 2.05) is 0 Å². The number of rotatable bonds is 6. The van der Waals surface area contributed by atoms with Crippen LogP contribution in [0.4, 0.5) is 28.8 Å². The second kappa shape index (κ2) is 18.6. The van der Waals surface area contributed by atoms with Crippen LogP contribution in [0.2, 0.25) is 0 Å². The Morgan fingerprint density at radius 2 is 0.889 bits per heavy atom. The smallest absolute Gasteiger partial charge is 0.437 e. The number of alkyl carbamates (subject to hydrolysis) is 2. The van der Waals surface area contributed by atoms with E-state index in [1.165, 1.54) is 41.5 Å². The second-order valence-electron chi connectivity index (χ2n) is 18.2. The predicted octanol–water partition coefficient (Wildman–Crippen LogP) is 7.41. The van der Waals surface area contributed by atoms with E-state index in [9.17, 15) is 33.6 Å². The Bertz CT molecular complexity index is 1370. The molecule has 0 bridgehead atoms. The number of imide groups is 3. The Morgan fingerprint density at radius 3 is 1.28 bits per heavy atom. The molecule has 7 amide bonds. The van der Waals surface area contributed by atoms with Crippen LogP contribution in [-0.2, 0) is 33.2 Å². The molecule has 0 spiro atoms. The van der Waals surface area contributed by atoms with Gasteiger partial charge in [-0.15, -0.1) is 9.89 Å². The average molecular weight is 774 g/mol. The van der Waals surface area contributed by atoms with Gasteiger partial charge in [0, 0.05) is 19.0 Å². The molecule has 0 fully saturated rings. The van der Waals surface area contributed by atoms with Gasteiger partial charge in [0.2, 0.25) is 11.9 Å². The molecule has 1 atom stereocenters. The zero-order valence-electron chi connectivity index (χ0n) is 35.3. The summed E-state index contributed by atoms with van der Waals surface area (Å²) < 4.78 is 32.2. The first-order valence-electron chi connectivity index (χ1n) is 17.5. The number of nitrogens with zero attached hydrogens (tertiary/aromatic N) is 3. The van der Waals surface area contributed by atoms with Crippen LogP contribution < -0.4 is 10.6 Å². The number of guanidine groups is 1. The third-order valence-corrected chi connectivity index (χ3v) is 5.32. The van der Waals surface area contributed by atoms with Gasteiger partial charge in [0.15, 0.2) is 0 Å². The first-order valence-corrected chi connectivity index (χ1v) is 17.5. The zero-order chi connectivity index (χ0) is 42.8. The second-order valence-corrected chi connectivity index (χ2v) is 18.2. The highest BCUT2D eigenvalue weighted by Crippen LogP contribution is 2.19. The van der Waals surface area contributed by atoms with E-state index in [0.717, 1.165) is 4.90 Å². The maximum absolute atomic E-state index is 13.8. The quantitative estimate of drug-likeness (QED) is 0.153. The number of amides is 7. The molecule has 0 aliphatic carbocycles. The van der Waals surface area contributed by atoms with Crippen molar-refractivity contribution in [3.05, 3.63) is 0 Å². The molecule has 0 saturated carbocycles. The standard InChI is InChI=1S/C36H63N5O13/c1-31(2,3)49-25(43)37-22(21-23(42)41(29(47)53-35(13,14)15)30(48)54-36(16,17)18)19-20-40(28(46)52-34(10,11)12)24(38-26(44)50-32(4,5)6)39-27(45)51-33(7,8)9/h22H,19-21H2,1-18H3,(H,37,43)(H,38,39,44,45)/t22-/m1/s1. The van der Waals surface area contributed by atoms with E-state index in [1.54, 1.807) is 83.1 Å². The van der Waals surface area contributed by atoms with Crippen LogP contribution in [0.3, 0.4) is 0 Å². The van der Waals surface area contributed by atoms with Gasteiger partial charge in [-0.2, -0.15) is 0 Å². The van der Waals surface area contributed by atoms with Gasteiger partial charge in [-0.3, -0.25) is 10.1 Å². The predicted molar refractivity (Wildman–Crippen MR) is 198 cm³/mol. The number of carbonyl (C=O) groups excluding carboxylic acids is 7. The number of hydrogen-bond donors (Lipinski definition) is 2. The maximum Gasteiger partial charge on any atom is 0.437 e. The topological polar surface area (TPSA) is 218 Å². The van der Waals surface area contributed by atoms with E-state index in [4.69, 9.17) is 28.4 Å². The zero-order valence-corrected chi connectivity index (χ0v) is 35.3. The summed E-state index contributed by atoms with van der Waals surface area (Å²) in [4.78, 5) is 97.5. The van der Waals surface area contributed by atoms with E-state index < -0.39 is 101 Å². The van der Waals surface area contributed by atoms with Crippen molar-refractivity contribution >= 4 is 48.4 Å². The fraction of sp³-hybridized carbons (Fsp3) is 0.778. The highest BCUT2D eigenvalue weighted by molar-refractivity contribution is 6.07. The molecule has 54 heavy (non-hydrogen) atoms. The van der Waals surface area contributed by atoms with E-state index in [2.05, 4.69) is 15.6 Å². The van der Waals surface area contributed by atoms with E-state index >= 15 is 0 Å². The summed E-state index contributed by atoms with van der Waals surface area (Å²) in [6, 6.07) is -1.28. The number of nitrogens with one attached hydrogen (secondary N) is 2. The number of hydrogen-bond acceptors (Lipinski definition) is 13. The van der Waals surface area contributed by atoms with Gasteiger partial charge in [-0.1, -0.05) is 0 Å². The van der Waals surface area contributed by atoms with Gasteiger partial charge >= 0.3 is 36.6 Å². The van der Waals surface area contributed by atoms with Crippen LogP contribution in [0.25, 0.3) is 0 Å². The fourth-order valence-corrected chi connectivity index (χ4v) is 3.70. The minimum atomic E-state index is -1.33. The molecule has 0 aliphatic rings. The molecular weight excluding hydrogens is 710 g/mol. The van der Waals surface area contributed by atoms with Gasteiger partial charge < -0.3 is 33.7 Å². The van der Waals surface area contributed by atoms with Crippen LogP contribution in [0, 0.1) is 0 Å². The van der Waals surface area contributed by atoms with Crippen molar-refractivity contribution in [3.8, 4) is 0 Å². The summed E-state index contributed by atoms with van der Waals surface area (Å²) >= 11 is 0. The van der Waals surface area contributed by atoms with Crippen molar-refractivity contribution in [3.63, 3.8) is 0 Å². The molecule has 310 valence electrons. The molecule has 2 N–H and O–H groups in total. The van der Waals surface area contributed by atoms with Crippen LogP contribution in [0.15, 0.2) is 4.99 Å². The molecule has 18 nitrogen and oxygen atoms in total. The Labute approximate surface area is 319 Å². The summed E-state index contributed by atoms with van der Waals surface area (Å²) in [6.07, 6.45) is -8.12. The van der Waals surface area contributed by atoms with Crippen molar-refractivity contribution in [2.45, 2.75) is 177 Å². The third-order valence-electron chi connectivity index (χ3n) is 5.32. The molecule has 0 radical (unpaired) electrons. The van der Waals surface area contributed by atoms with Crippen LogP contribution >= 0.6 is 0 Å². The van der Waals surface area contributed by atoms with Crippen molar-refractivity contribution in [2.24, 2.45) is 4.99 Å². The first-order chi connectivity index (χ1) is 23.9. The van der Waals surface area contributed by atoms with E-state index in [-0.39, 0.29) is 11.3 Å². The summed E-state index contributed by atoms with van der Waals surface area (Å²) in [5.74, 6) is -1.81. The van der Waals surface area contributed by atoms with Gasteiger partial charge in [0.05, 0.1) is 0 Å². The summed E-state index contributed by atoms with van der Waals surface area (Å²) in [5.41, 5.74) is -6.34. The first kappa shape index (κ1) is 49.4. The molecule has 18 heteroatoms. The maximum atomic E-state index is 13.8. The minimum absolute atomic E-state index is 0.172. The molecular formula is C36H63N5O13. The van der Waals surface area contributed by atoms with Crippen molar-refractivity contribution in [2.75, 3.05) is 6.54 Å². The highest BCUT2D eigenvalue weighted by atomic mass is 16.6. The Balaban J connectivity index is 7.19. The molecule has 0 aromatic heterocycles. The van der Waals surface area contributed by atoms with Crippen LogP contribution in [0.5, 0.6) is 0 Å². The Kier molecular flexibility index (Phi) is 17.0. The average Bonchev–Trinajstić information content (AvgIpc) is 2.81. The Morgan fingerprint density at radius 1 is 0.519 bits per heavy atom. The molecule has 0 aromatic rings. The lowest BCUT2D eigenvalue weighted by Gasteiger charge is -2.31. The number of aliphatic imine (C=N–C) groups is 1. The van der Waals surface area contributed by atoms with Gasteiger partial charge in [0.1, 0.15) is 33.6 Å². The Hall–Kier alpha value is -4.64. The summed E-state index contributed by atoms with van der Waals surface area (Å²) in [5, 5.41) is 4.81. The minimum Gasteiger partial charge on any atom is -0.444 e. The fourth-order valence-electron chi connectivity index (χ4n) is 3.70.